The van der Waals surface area contributed by atoms with Crippen LogP contribution >= 0.6 is 50.1 Å². The van der Waals surface area contributed by atoms with E-state index in [2.05, 4.69) is 38.5 Å². The second kappa shape index (κ2) is 6.52. The Morgan fingerprint density at radius 2 is 2.00 bits per heavy atom. The SMILES string of the molecule is NC(Cc1ccc(Cl)cc1F)c1cc(I)ccc1Br. The molecule has 2 N–H and O–H groups in total. The molecule has 0 saturated heterocycles. The van der Waals surface area contributed by atoms with Crippen LogP contribution in [0.3, 0.4) is 0 Å². The van der Waals surface area contributed by atoms with Crippen molar-refractivity contribution in [3.8, 4) is 0 Å². The van der Waals surface area contributed by atoms with Gasteiger partial charge in [-0.2, -0.15) is 0 Å². The lowest BCUT2D eigenvalue weighted by Crippen LogP contribution is -2.15. The Morgan fingerprint density at radius 3 is 2.68 bits per heavy atom. The molecule has 1 nitrogen and oxygen atoms in total. The van der Waals surface area contributed by atoms with E-state index in [-0.39, 0.29) is 11.9 Å². The molecule has 0 aliphatic heterocycles. The Kier molecular flexibility index (Phi) is 5.22. The van der Waals surface area contributed by atoms with Crippen molar-refractivity contribution in [3.63, 3.8) is 0 Å². The summed E-state index contributed by atoms with van der Waals surface area (Å²) < 4.78 is 15.8. The van der Waals surface area contributed by atoms with Crippen LogP contribution in [0.5, 0.6) is 0 Å². The van der Waals surface area contributed by atoms with Crippen molar-refractivity contribution < 1.29 is 4.39 Å². The molecule has 0 aromatic heterocycles. The third kappa shape index (κ3) is 3.90. The van der Waals surface area contributed by atoms with Gasteiger partial charge in [0.2, 0.25) is 0 Å². The molecule has 0 saturated carbocycles. The molecular weight excluding hydrogens is 443 g/mol. The van der Waals surface area contributed by atoms with Crippen molar-refractivity contribution in [2.24, 2.45) is 5.73 Å². The van der Waals surface area contributed by atoms with Crippen LogP contribution in [0.4, 0.5) is 4.39 Å². The Balaban J connectivity index is 2.25. The molecule has 0 amide bonds. The van der Waals surface area contributed by atoms with Gasteiger partial charge in [0.15, 0.2) is 0 Å². The second-order valence-corrected chi connectivity index (χ2v) is 6.75. The maximum Gasteiger partial charge on any atom is 0.127 e. The Bertz CT molecular complexity index is 606. The van der Waals surface area contributed by atoms with Crippen molar-refractivity contribution in [3.05, 3.63) is 66.4 Å². The molecule has 1 atom stereocenters. The lowest BCUT2D eigenvalue weighted by atomic mass is 9.99. The van der Waals surface area contributed by atoms with E-state index < -0.39 is 0 Å². The van der Waals surface area contributed by atoms with Crippen LogP contribution in [-0.4, -0.2) is 0 Å². The highest BCUT2D eigenvalue weighted by molar-refractivity contribution is 14.1. The minimum absolute atomic E-state index is 0.264. The molecule has 5 heteroatoms. The van der Waals surface area contributed by atoms with Gasteiger partial charge in [0.05, 0.1) is 0 Å². The molecule has 0 aliphatic carbocycles. The molecule has 2 aromatic rings. The van der Waals surface area contributed by atoms with Crippen molar-refractivity contribution in [2.75, 3.05) is 0 Å². The summed E-state index contributed by atoms with van der Waals surface area (Å²) in [5.41, 5.74) is 7.72. The monoisotopic (exact) mass is 453 g/mol. The molecule has 2 rings (SSSR count). The fraction of sp³-hybridized carbons (Fsp3) is 0.143. The van der Waals surface area contributed by atoms with Crippen molar-refractivity contribution >= 4 is 50.1 Å². The van der Waals surface area contributed by atoms with Gasteiger partial charge in [-0.25, -0.2) is 4.39 Å². The van der Waals surface area contributed by atoms with Gasteiger partial charge in [0, 0.05) is 19.1 Å². The smallest absolute Gasteiger partial charge is 0.127 e. The average molecular weight is 455 g/mol. The average Bonchev–Trinajstić information content (AvgIpc) is 2.35. The predicted octanol–water partition coefficient (Wildman–Crippen LogP) is 5.09. The third-order valence-electron chi connectivity index (χ3n) is 2.81. The summed E-state index contributed by atoms with van der Waals surface area (Å²) in [6.07, 6.45) is 0.432. The van der Waals surface area contributed by atoms with E-state index in [1.165, 1.54) is 6.07 Å². The minimum Gasteiger partial charge on any atom is -0.324 e. The van der Waals surface area contributed by atoms with Crippen LogP contribution in [-0.2, 0) is 6.42 Å². The first-order chi connectivity index (χ1) is 8.97. The summed E-state index contributed by atoms with van der Waals surface area (Å²) in [6.45, 7) is 0. The fourth-order valence-electron chi connectivity index (χ4n) is 1.83. The molecule has 100 valence electrons. The topological polar surface area (TPSA) is 26.0 Å². The van der Waals surface area contributed by atoms with Gasteiger partial charge in [-0.3, -0.25) is 0 Å². The molecule has 0 fully saturated rings. The van der Waals surface area contributed by atoms with Gasteiger partial charge in [-0.1, -0.05) is 33.6 Å². The normalized spacial score (nSPS) is 12.5. The lowest BCUT2D eigenvalue weighted by molar-refractivity contribution is 0.593. The summed E-state index contributed by atoms with van der Waals surface area (Å²) in [7, 11) is 0. The molecule has 0 aliphatic rings. The van der Waals surface area contributed by atoms with Crippen molar-refractivity contribution in [2.45, 2.75) is 12.5 Å². The van der Waals surface area contributed by atoms with Crippen LogP contribution in [0, 0.1) is 9.39 Å². The zero-order valence-electron chi connectivity index (χ0n) is 9.84. The Labute approximate surface area is 138 Å². The number of benzene rings is 2. The van der Waals surface area contributed by atoms with Crippen LogP contribution < -0.4 is 5.73 Å². The second-order valence-electron chi connectivity index (χ2n) is 4.21. The van der Waals surface area contributed by atoms with Gasteiger partial charge in [0.1, 0.15) is 5.82 Å². The third-order valence-corrected chi connectivity index (χ3v) is 4.44. The van der Waals surface area contributed by atoms with E-state index >= 15 is 0 Å². The molecule has 0 bridgehead atoms. The highest BCUT2D eigenvalue weighted by Gasteiger charge is 2.13. The van der Waals surface area contributed by atoms with E-state index in [0.29, 0.717) is 17.0 Å². The summed E-state index contributed by atoms with van der Waals surface area (Å²) in [4.78, 5) is 0. The molecule has 1 unspecified atom stereocenters. The summed E-state index contributed by atoms with van der Waals surface area (Å²) in [6, 6.07) is 10.4. The maximum absolute atomic E-state index is 13.8. The molecule has 0 radical (unpaired) electrons. The number of nitrogens with two attached hydrogens (primary N) is 1. The number of rotatable bonds is 3. The maximum atomic E-state index is 13.8. The highest BCUT2D eigenvalue weighted by atomic mass is 127. The summed E-state index contributed by atoms with van der Waals surface area (Å²) in [5, 5.41) is 0.394. The van der Waals surface area contributed by atoms with E-state index in [1.54, 1.807) is 12.1 Å². The van der Waals surface area contributed by atoms with Gasteiger partial charge >= 0.3 is 0 Å². The Hall–Kier alpha value is -0.170. The predicted molar refractivity (Wildman–Crippen MR) is 88.9 cm³/mol. The van der Waals surface area contributed by atoms with E-state index in [0.717, 1.165) is 13.6 Å². The van der Waals surface area contributed by atoms with Gasteiger partial charge in [-0.05, 0) is 70.5 Å². The van der Waals surface area contributed by atoms with E-state index in [9.17, 15) is 4.39 Å². The van der Waals surface area contributed by atoms with Crippen LogP contribution in [0.1, 0.15) is 17.2 Å². The minimum atomic E-state index is -0.315. The van der Waals surface area contributed by atoms with Crippen LogP contribution in [0.2, 0.25) is 5.02 Å². The van der Waals surface area contributed by atoms with Crippen molar-refractivity contribution in [1.82, 2.24) is 0 Å². The van der Waals surface area contributed by atoms with E-state index in [1.807, 2.05) is 18.2 Å². The van der Waals surface area contributed by atoms with Crippen LogP contribution in [0.15, 0.2) is 40.9 Å². The largest absolute Gasteiger partial charge is 0.324 e. The number of hydrogen-bond acceptors (Lipinski definition) is 1. The van der Waals surface area contributed by atoms with Crippen molar-refractivity contribution in [1.29, 1.82) is 0 Å². The molecule has 19 heavy (non-hydrogen) atoms. The summed E-state index contributed by atoms with van der Waals surface area (Å²) >= 11 is 11.4. The molecule has 2 aromatic carbocycles. The quantitative estimate of drug-likeness (QED) is 0.643. The van der Waals surface area contributed by atoms with Gasteiger partial charge in [0.25, 0.3) is 0 Å². The standard InChI is InChI=1S/C14H11BrClFIN/c15-12-4-3-10(18)7-11(12)14(19)5-8-1-2-9(16)6-13(8)17/h1-4,6-7,14H,5,19H2. The molecule has 0 spiro atoms. The number of halogens is 4. The van der Waals surface area contributed by atoms with E-state index in [4.69, 9.17) is 17.3 Å². The zero-order chi connectivity index (χ0) is 14.0. The number of hydrogen-bond donors (Lipinski definition) is 1. The van der Waals surface area contributed by atoms with Crippen LogP contribution in [0.25, 0.3) is 0 Å². The molecule has 0 heterocycles. The molecular formula is C14H11BrClFIN. The van der Waals surface area contributed by atoms with Gasteiger partial charge in [-0.15, -0.1) is 0 Å². The summed E-state index contributed by atoms with van der Waals surface area (Å²) in [5.74, 6) is -0.315. The first kappa shape index (κ1) is 15.2. The fourth-order valence-corrected chi connectivity index (χ4v) is 3.05. The zero-order valence-corrected chi connectivity index (χ0v) is 14.3. The highest BCUT2D eigenvalue weighted by Crippen LogP contribution is 2.27. The first-order valence-corrected chi connectivity index (χ1v) is 7.87. The lowest BCUT2D eigenvalue weighted by Gasteiger charge is -2.15. The Morgan fingerprint density at radius 1 is 1.26 bits per heavy atom. The first-order valence-electron chi connectivity index (χ1n) is 5.62. The van der Waals surface area contributed by atoms with Gasteiger partial charge < -0.3 is 5.73 Å².